The molecule has 0 aliphatic heterocycles. The lowest BCUT2D eigenvalue weighted by atomic mass is 10.1. The fourth-order valence-corrected chi connectivity index (χ4v) is 3.45. The van der Waals surface area contributed by atoms with Crippen molar-refractivity contribution in [2.24, 2.45) is 0 Å². The van der Waals surface area contributed by atoms with Crippen LogP contribution in [0.25, 0.3) is 0 Å². The first-order chi connectivity index (χ1) is 10.0. The molecule has 1 unspecified atom stereocenters. The summed E-state index contributed by atoms with van der Waals surface area (Å²) in [5.41, 5.74) is 7.59. The summed E-state index contributed by atoms with van der Waals surface area (Å²) >= 11 is 3.32. The van der Waals surface area contributed by atoms with Crippen molar-refractivity contribution in [3.8, 4) is 11.8 Å². The summed E-state index contributed by atoms with van der Waals surface area (Å²) in [5.74, 6) is 0.806. The fraction of sp³-hybridized carbons (Fsp3) is 0.133. The van der Waals surface area contributed by atoms with E-state index < -0.39 is 10.8 Å². The Morgan fingerprint density at radius 3 is 2.71 bits per heavy atom. The van der Waals surface area contributed by atoms with E-state index >= 15 is 0 Å². The molecular formula is C15H13BrN2O2S. The molecule has 2 aromatic carbocycles. The van der Waals surface area contributed by atoms with Gasteiger partial charge in [0.1, 0.15) is 11.8 Å². The SMILES string of the molecule is COc1ccc(CS(=O)c2ccc(Br)cc2N)cc1C#N. The monoisotopic (exact) mass is 364 g/mol. The van der Waals surface area contributed by atoms with Crippen LogP contribution in [-0.4, -0.2) is 11.3 Å². The first-order valence-corrected chi connectivity index (χ1v) is 8.16. The third-order valence-corrected chi connectivity index (χ3v) is 4.85. The molecule has 0 amide bonds. The molecule has 2 N–H and O–H groups in total. The predicted molar refractivity (Wildman–Crippen MR) is 86.4 cm³/mol. The van der Waals surface area contributed by atoms with E-state index in [0.29, 0.717) is 27.6 Å². The molecule has 0 aliphatic carbocycles. The molecule has 108 valence electrons. The van der Waals surface area contributed by atoms with Crippen molar-refractivity contribution in [1.82, 2.24) is 0 Å². The molecule has 0 bridgehead atoms. The third kappa shape index (κ3) is 3.63. The lowest BCUT2D eigenvalue weighted by Gasteiger charge is -2.08. The lowest BCUT2D eigenvalue weighted by molar-refractivity contribution is 0.413. The second-order valence-corrected chi connectivity index (χ2v) is 6.65. The van der Waals surface area contributed by atoms with Gasteiger partial charge in [0.2, 0.25) is 0 Å². The average molecular weight is 365 g/mol. The maximum atomic E-state index is 12.4. The van der Waals surface area contributed by atoms with Gasteiger partial charge in [0, 0.05) is 10.2 Å². The Morgan fingerprint density at radius 1 is 1.33 bits per heavy atom. The average Bonchev–Trinajstić information content (AvgIpc) is 2.46. The number of nitrogens with zero attached hydrogens (tertiary/aromatic N) is 1. The van der Waals surface area contributed by atoms with E-state index in [0.717, 1.165) is 10.0 Å². The maximum absolute atomic E-state index is 12.4. The number of anilines is 1. The van der Waals surface area contributed by atoms with Crippen LogP contribution in [0.15, 0.2) is 45.8 Å². The summed E-state index contributed by atoms with van der Waals surface area (Å²) in [6, 6.07) is 12.5. The number of rotatable bonds is 4. The van der Waals surface area contributed by atoms with Crippen molar-refractivity contribution in [2.75, 3.05) is 12.8 Å². The number of benzene rings is 2. The van der Waals surface area contributed by atoms with Crippen LogP contribution in [0.5, 0.6) is 5.75 Å². The summed E-state index contributed by atoms with van der Waals surface area (Å²) in [6.07, 6.45) is 0. The Hall–Kier alpha value is -1.84. The molecule has 0 aliphatic rings. The molecule has 0 aromatic heterocycles. The van der Waals surface area contributed by atoms with Gasteiger partial charge in [-0.25, -0.2) is 0 Å². The van der Waals surface area contributed by atoms with E-state index in [1.165, 1.54) is 7.11 Å². The Labute approximate surface area is 134 Å². The van der Waals surface area contributed by atoms with Crippen molar-refractivity contribution in [3.05, 3.63) is 52.0 Å². The first kappa shape index (κ1) is 15.5. The van der Waals surface area contributed by atoms with Gasteiger partial charge in [-0.1, -0.05) is 22.0 Å². The van der Waals surface area contributed by atoms with Crippen LogP contribution in [0.2, 0.25) is 0 Å². The van der Waals surface area contributed by atoms with Crippen LogP contribution >= 0.6 is 15.9 Å². The van der Waals surface area contributed by atoms with Crippen molar-refractivity contribution in [1.29, 1.82) is 5.26 Å². The van der Waals surface area contributed by atoms with Crippen molar-refractivity contribution < 1.29 is 8.95 Å². The Bertz CT molecular complexity index is 741. The van der Waals surface area contributed by atoms with Gasteiger partial charge in [-0.3, -0.25) is 4.21 Å². The Balaban J connectivity index is 2.26. The minimum Gasteiger partial charge on any atom is -0.495 e. The van der Waals surface area contributed by atoms with Gasteiger partial charge in [-0.2, -0.15) is 5.26 Å². The molecule has 1 atom stereocenters. The molecule has 4 nitrogen and oxygen atoms in total. The van der Waals surface area contributed by atoms with Gasteiger partial charge in [-0.05, 0) is 35.9 Å². The van der Waals surface area contributed by atoms with Crippen molar-refractivity contribution >= 4 is 32.4 Å². The highest BCUT2D eigenvalue weighted by molar-refractivity contribution is 9.10. The van der Waals surface area contributed by atoms with E-state index in [9.17, 15) is 4.21 Å². The molecule has 0 spiro atoms. The van der Waals surface area contributed by atoms with E-state index in [-0.39, 0.29) is 0 Å². The number of ether oxygens (including phenoxy) is 1. The van der Waals surface area contributed by atoms with Crippen LogP contribution in [0, 0.1) is 11.3 Å². The highest BCUT2D eigenvalue weighted by atomic mass is 79.9. The van der Waals surface area contributed by atoms with Gasteiger partial charge >= 0.3 is 0 Å². The summed E-state index contributed by atoms with van der Waals surface area (Å²) in [5, 5.41) is 9.07. The van der Waals surface area contributed by atoms with Crippen LogP contribution in [0.4, 0.5) is 5.69 Å². The third-order valence-electron chi connectivity index (χ3n) is 2.90. The number of nitriles is 1. The summed E-state index contributed by atoms with van der Waals surface area (Å²) < 4.78 is 18.3. The highest BCUT2D eigenvalue weighted by Crippen LogP contribution is 2.25. The summed E-state index contributed by atoms with van der Waals surface area (Å²) in [4.78, 5) is 0.590. The summed E-state index contributed by atoms with van der Waals surface area (Å²) in [7, 11) is 0.241. The number of nitrogen functional groups attached to an aromatic ring is 1. The number of methoxy groups -OCH3 is 1. The minimum atomic E-state index is -1.27. The number of hydrogen-bond donors (Lipinski definition) is 1. The molecule has 0 saturated heterocycles. The predicted octanol–water partition coefficient (Wildman–Crippen LogP) is 3.22. The normalized spacial score (nSPS) is 11.7. The Kier molecular flexibility index (Phi) is 4.99. The quantitative estimate of drug-likeness (QED) is 0.844. The molecule has 2 rings (SSSR count). The molecule has 0 fully saturated rings. The molecular weight excluding hydrogens is 352 g/mol. The minimum absolute atomic E-state index is 0.296. The second kappa shape index (κ2) is 6.74. The fourth-order valence-electron chi connectivity index (χ4n) is 1.89. The van der Waals surface area contributed by atoms with Crippen LogP contribution < -0.4 is 10.5 Å². The molecule has 0 saturated carbocycles. The van der Waals surface area contributed by atoms with E-state index in [2.05, 4.69) is 22.0 Å². The topological polar surface area (TPSA) is 76.1 Å². The van der Waals surface area contributed by atoms with E-state index in [4.69, 9.17) is 15.7 Å². The van der Waals surface area contributed by atoms with Crippen molar-refractivity contribution in [2.45, 2.75) is 10.6 Å². The van der Waals surface area contributed by atoms with Crippen LogP contribution in [0.3, 0.4) is 0 Å². The van der Waals surface area contributed by atoms with Crippen LogP contribution in [0.1, 0.15) is 11.1 Å². The number of hydrogen-bond acceptors (Lipinski definition) is 4. The second-order valence-electron chi connectivity index (χ2n) is 4.32. The van der Waals surface area contributed by atoms with E-state index in [1.54, 1.807) is 36.4 Å². The smallest absolute Gasteiger partial charge is 0.136 e. The van der Waals surface area contributed by atoms with Gasteiger partial charge in [0.25, 0.3) is 0 Å². The van der Waals surface area contributed by atoms with E-state index in [1.807, 2.05) is 0 Å². The molecule has 2 aromatic rings. The van der Waals surface area contributed by atoms with Gasteiger partial charge < -0.3 is 10.5 Å². The number of nitrogens with two attached hydrogens (primary N) is 1. The number of halogens is 1. The zero-order valence-electron chi connectivity index (χ0n) is 11.3. The maximum Gasteiger partial charge on any atom is 0.136 e. The first-order valence-electron chi connectivity index (χ1n) is 6.05. The van der Waals surface area contributed by atoms with Crippen LogP contribution in [-0.2, 0) is 16.6 Å². The van der Waals surface area contributed by atoms with Gasteiger partial charge in [-0.15, -0.1) is 0 Å². The standard InChI is InChI=1S/C15H13BrN2O2S/c1-20-14-4-2-10(6-11(14)8-17)9-21(19)15-5-3-12(16)7-13(15)18/h2-7H,9,18H2,1H3. The zero-order chi connectivity index (χ0) is 15.4. The highest BCUT2D eigenvalue weighted by Gasteiger charge is 2.11. The molecule has 0 radical (unpaired) electrons. The largest absolute Gasteiger partial charge is 0.495 e. The molecule has 21 heavy (non-hydrogen) atoms. The lowest BCUT2D eigenvalue weighted by Crippen LogP contribution is -2.01. The zero-order valence-corrected chi connectivity index (χ0v) is 13.7. The van der Waals surface area contributed by atoms with Gasteiger partial charge in [0.15, 0.2) is 0 Å². The molecule has 0 heterocycles. The molecule has 6 heteroatoms. The van der Waals surface area contributed by atoms with Crippen molar-refractivity contribution in [3.63, 3.8) is 0 Å². The summed E-state index contributed by atoms with van der Waals surface area (Å²) in [6.45, 7) is 0. The Morgan fingerprint density at radius 2 is 2.10 bits per heavy atom. The van der Waals surface area contributed by atoms with Gasteiger partial charge in [0.05, 0.1) is 34.1 Å².